The predicted molar refractivity (Wildman–Crippen MR) is 289 cm³/mol. The van der Waals surface area contributed by atoms with Crippen molar-refractivity contribution in [3.05, 3.63) is 161 Å². The standard InChI is InChI=1S/C30H30F2N6O3.C28H24FN3O5/c1-6-23(40)36-12-13-37(18(5)15-36)28-19-14-21(32)26(24-20(31)8-7-9-22(24)39)34-29(19)38(30(41)35-28)27-17(4)10-11-33-25(27)16(2)3;1-35-24-15-21-22(16-25(24)36-2)30-14-11-23(21)37-20-9-7-19(8-10-20)32-27(34)28(12-13-28)26(33)31-18-5-3-17(29)4-6-18/h6-11,14,16,18,39H,1,12-13,15H2,2-5H3;3-11,14-16H,12-13H2,1-2H3,(H,31,33)(H,32,34). The van der Waals surface area contributed by atoms with Gasteiger partial charge in [0.1, 0.15) is 45.8 Å². The molecule has 1 aliphatic heterocycles. The molecular weight excluding hydrogens is 1010 g/mol. The number of nitrogens with zero attached hydrogens (tertiary/aromatic N) is 7. The van der Waals surface area contributed by atoms with Crippen LogP contribution in [-0.2, 0) is 14.4 Å². The molecule has 8 aromatic rings. The lowest BCUT2D eigenvalue weighted by Crippen LogP contribution is -2.54. The van der Waals surface area contributed by atoms with Gasteiger partial charge in [0.05, 0.1) is 42.1 Å². The first-order chi connectivity index (χ1) is 37.4. The number of aromatic hydroxyl groups is 1. The number of aryl methyl sites for hydroxylation is 1. The van der Waals surface area contributed by atoms with Crippen molar-refractivity contribution in [2.75, 3.05) is 49.4 Å². The van der Waals surface area contributed by atoms with Gasteiger partial charge in [-0.1, -0.05) is 26.5 Å². The summed E-state index contributed by atoms with van der Waals surface area (Å²) in [6, 6.07) is 23.9. The fourth-order valence-corrected chi connectivity index (χ4v) is 9.32. The number of phenols is 1. The van der Waals surface area contributed by atoms with Gasteiger partial charge in [-0.2, -0.15) is 4.98 Å². The maximum absolute atomic E-state index is 15.8. The average molecular weight is 1060 g/mol. The number of anilines is 3. The zero-order valence-electron chi connectivity index (χ0n) is 43.4. The highest BCUT2D eigenvalue weighted by Crippen LogP contribution is 2.48. The lowest BCUT2D eigenvalue weighted by molar-refractivity contribution is -0.131. The van der Waals surface area contributed by atoms with Crippen molar-refractivity contribution in [1.29, 1.82) is 0 Å². The number of ether oxygens (including phenoxy) is 3. The summed E-state index contributed by atoms with van der Waals surface area (Å²) in [5.41, 5.74) is 0.792. The summed E-state index contributed by atoms with van der Waals surface area (Å²) >= 11 is 0. The third kappa shape index (κ3) is 10.6. The number of phenolic OH excluding ortho intramolecular Hbond substituents is 1. The minimum absolute atomic E-state index is 0.0360. The summed E-state index contributed by atoms with van der Waals surface area (Å²) in [5.74, 6) is -1.29. The molecule has 10 rings (SSSR count). The quantitative estimate of drug-likeness (QED) is 0.0728. The molecule has 20 heteroatoms. The monoisotopic (exact) mass is 1060 g/mol. The van der Waals surface area contributed by atoms with Crippen molar-refractivity contribution < 1.29 is 46.9 Å². The first-order valence-electron chi connectivity index (χ1n) is 24.9. The summed E-state index contributed by atoms with van der Waals surface area (Å²) in [4.78, 5) is 73.0. The van der Waals surface area contributed by atoms with Gasteiger partial charge in [0, 0.05) is 60.9 Å². The molecule has 1 saturated carbocycles. The maximum Gasteiger partial charge on any atom is 0.355 e. The molecule has 5 heterocycles. The van der Waals surface area contributed by atoms with Gasteiger partial charge in [-0.25, -0.2) is 27.5 Å². The average Bonchev–Trinajstić information content (AvgIpc) is 4.39. The van der Waals surface area contributed by atoms with Gasteiger partial charge in [0.25, 0.3) is 0 Å². The predicted octanol–water partition coefficient (Wildman–Crippen LogP) is 10.0. The fourth-order valence-electron chi connectivity index (χ4n) is 9.32. The summed E-state index contributed by atoms with van der Waals surface area (Å²) in [7, 11) is 3.12. The molecule has 4 aromatic heterocycles. The number of fused-ring (bicyclic) bond motifs is 2. The van der Waals surface area contributed by atoms with E-state index in [1.807, 2.05) is 32.6 Å². The number of benzene rings is 4. The number of rotatable bonds is 13. The molecular formula is C58H54F3N9O8. The van der Waals surface area contributed by atoms with E-state index in [0.717, 1.165) is 17.5 Å². The highest BCUT2D eigenvalue weighted by Gasteiger charge is 2.56. The van der Waals surface area contributed by atoms with Crippen molar-refractivity contribution in [2.24, 2.45) is 5.41 Å². The van der Waals surface area contributed by atoms with Crippen LogP contribution in [-0.4, -0.2) is 92.1 Å². The Balaban J connectivity index is 0.000000191. The van der Waals surface area contributed by atoms with Crippen LogP contribution in [0, 0.1) is 29.8 Å². The van der Waals surface area contributed by atoms with E-state index in [2.05, 4.69) is 37.1 Å². The van der Waals surface area contributed by atoms with E-state index in [1.54, 1.807) is 80.0 Å². The minimum atomic E-state index is -1.14. The minimum Gasteiger partial charge on any atom is -0.507 e. The number of hydrogen-bond donors (Lipinski definition) is 3. The van der Waals surface area contributed by atoms with Crippen LogP contribution in [0.2, 0.25) is 0 Å². The van der Waals surface area contributed by atoms with E-state index in [9.17, 15) is 33.1 Å². The number of carbonyl (C=O) groups excluding carboxylic acids is 3. The Bertz CT molecular complexity index is 3680. The maximum atomic E-state index is 15.8. The first-order valence-corrected chi connectivity index (χ1v) is 24.9. The van der Waals surface area contributed by atoms with Gasteiger partial charge in [0.15, 0.2) is 23.0 Å². The van der Waals surface area contributed by atoms with Crippen LogP contribution < -0.4 is 35.4 Å². The smallest absolute Gasteiger partial charge is 0.355 e. The van der Waals surface area contributed by atoms with Gasteiger partial charge in [-0.3, -0.25) is 24.4 Å². The second-order valence-electron chi connectivity index (χ2n) is 19.1. The zero-order chi connectivity index (χ0) is 55.6. The van der Waals surface area contributed by atoms with Crippen LogP contribution in [0.4, 0.5) is 30.4 Å². The molecule has 3 N–H and O–H groups in total. The van der Waals surface area contributed by atoms with Crippen LogP contribution in [0.1, 0.15) is 50.8 Å². The van der Waals surface area contributed by atoms with Gasteiger partial charge in [0.2, 0.25) is 17.7 Å². The number of amides is 3. The molecule has 1 saturated heterocycles. The Kier molecular flexibility index (Phi) is 15.2. The lowest BCUT2D eigenvalue weighted by atomic mass is 10.0. The number of carbonyl (C=O) groups is 3. The van der Waals surface area contributed by atoms with Gasteiger partial charge < -0.3 is 39.8 Å². The summed E-state index contributed by atoms with van der Waals surface area (Å²) < 4.78 is 61.9. The molecule has 1 aliphatic carbocycles. The molecule has 1 atom stereocenters. The van der Waals surface area contributed by atoms with Crippen LogP contribution in [0.5, 0.6) is 28.7 Å². The van der Waals surface area contributed by atoms with Crippen molar-refractivity contribution in [3.8, 4) is 45.7 Å². The normalized spacial score (nSPS) is 14.6. The summed E-state index contributed by atoms with van der Waals surface area (Å²) in [5, 5.41) is 16.9. The van der Waals surface area contributed by atoms with Crippen molar-refractivity contribution in [1.82, 2.24) is 29.4 Å². The van der Waals surface area contributed by atoms with Crippen molar-refractivity contribution in [3.63, 3.8) is 0 Å². The number of nitrogens with one attached hydrogen (secondary N) is 2. The molecule has 78 heavy (non-hydrogen) atoms. The number of methoxy groups -OCH3 is 2. The Morgan fingerprint density at radius 1 is 0.808 bits per heavy atom. The van der Waals surface area contributed by atoms with Crippen LogP contribution in [0.25, 0.3) is 38.9 Å². The number of aromatic nitrogens is 5. The van der Waals surface area contributed by atoms with Crippen molar-refractivity contribution in [2.45, 2.75) is 52.5 Å². The van der Waals surface area contributed by atoms with E-state index >= 15 is 4.39 Å². The Morgan fingerprint density at radius 3 is 2.08 bits per heavy atom. The number of pyridine rings is 3. The summed E-state index contributed by atoms with van der Waals surface area (Å²) in [6.45, 7) is 12.1. The van der Waals surface area contributed by atoms with E-state index in [0.29, 0.717) is 89.3 Å². The topological polar surface area (TPSA) is 203 Å². The third-order valence-corrected chi connectivity index (χ3v) is 13.6. The molecule has 400 valence electrons. The SMILES string of the molecule is C=CC(=O)N1CCN(c2nc(=O)n(-c3c(C)ccnc3C(C)C)c3nc(-c4c(O)cccc4F)c(F)cc23)C(C)C1.COc1cc2nccc(Oc3ccc(NC(=O)C4(C(=O)Nc5ccc(F)cc5)CC4)cc3)c2cc1OC. The lowest BCUT2D eigenvalue weighted by Gasteiger charge is -2.40. The van der Waals surface area contributed by atoms with Gasteiger partial charge >= 0.3 is 5.69 Å². The largest absolute Gasteiger partial charge is 0.507 e. The Morgan fingerprint density at radius 2 is 1.46 bits per heavy atom. The summed E-state index contributed by atoms with van der Waals surface area (Å²) in [6.07, 6.45) is 5.42. The van der Waals surface area contributed by atoms with Gasteiger partial charge in [-0.05, 0) is 129 Å². The van der Waals surface area contributed by atoms with Crippen LogP contribution in [0.3, 0.4) is 0 Å². The zero-order valence-corrected chi connectivity index (χ0v) is 43.4. The molecule has 3 amide bonds. The Hall–Kier alpha value is -9.33. The second kappa shape index (κ2) is 22.1. The van der Waals surface area contributed by atoms with Crippen molar-refractivity contribution >= 4 is 56.9 Å². The van der Waals surface area contributed by atoms with Crippen LogP contribution >= 0.6 is 0 Å². The molecule has 0 bridgehead atoms. The fraction of sp³-hybridized carbons (Fsp3) is 0.241. The van der Waals surface area contributed by atoms with E-state index in [-0.39, 0.29) is 40.6 Å². The molecule has 2 aliphatic rings. The highest BCUT2D eigenvalue weighted by atomic mass is 19.1. The molecule has 2 fully saturated rings. The van der Waals surface area contributed by atoms with E-state index < -0.39 is 51.5 Å². The first kappa shape index (κ1) is 53.5. The third-order valence-electron chi connectivity index (χ3n) is 13.6. The second-order valence-corrected chi connectivity index (χ2v) is 19.1. The van der Waals surface area contributed by atoms with E-state index in [4.69, 9.17) is 14.2 Å². The molecule has 4 aromatic carbocycles. The number of halogens is 3. The number of hydrogen-bond acceptors (Lipinski definition) is 13. The number of piperazine rings is 1. The Labute approximate surface area is 446 Å². The molecule has 1 unspecified atom stereocenters. The highest BCUT2D eigenvalue weighted by molar-refractivity contribution is 6.17. The van der Waals surface area contributed by atoms with Gasteiger partial charge in [-0.15, -0.1) is 0 Å². The molecule has 0 radical (unpaired) electrons. The van der Waals surface area contributed by atoms with Crippen LogP contribution in [0.15, 0.2) is 127 Å². The molecule has 17 nitrogen and oxygen atoms in total. The molecule has 0 spiro atoms. The van der Waals surface area contributed by atoms with E-state index in [1.165, 1.54) is 47.0 Å².